The van der Waals surface area contributed by atoms with E-state index in [4.69, 9.17) is 10.9 Å². The van der Waals surface area contributed by atoms with Crippen LogP contribution in [0.15, 0.2) is 17.2 Å². The predicted octanol–water partition coefficient (Wildman–Crippen LogP) is 0.748. The monoisotopic (exact) mass is 244 g/mol. The van der Waals surface area contributed by atoms with E-state index in [0.29, 0.717) is 5.82 Å². The summed E-state index contributed by atoms with van der Waals surface area (Å²) in [6, 6.07) is 2.75. The van der Waals surface area contributed by atoms with Crippen molar-refractivity contribution in [3.05, 3.63) is 22.2 Å². The number of nitrogens with one attached hydrogen (secondary N) is 1. The smallest absolute Gasteiger partial charge is 0.301 e. The zero-order valence-electron chi connectivity index (χ0n) is 8.58. The number of hydrogen-bond donors (Lipinski definition) is 3. The lowest BCUT2D eigenvalue weighted by Gasteiger charge is -2.08. The van der Waals surface area contributed by atoms with Crippen LogP contribution in [0.2, 0.25) is 0 Å². The number of hydrogen-bond acceptors (Lipinski definition) is 7. The van der Waals surface area contributed by atoms with Gasteiger partial charge >= 0.3 is 5.69 Å². The first kappa shape index (κ1) is 12.7. The summed E-state index contributed by atoms with van der Waals surface area (Å²) >= 11 is 1.13. The second-order valence-electron chi connectivity index (χ2n) is 3.03. The number of nitrogens with two attached hydrogens (primary N) is 1. The van der Waals surface area contributed by atoms with Gasteiger partial charge in [0.2, 0.25) is 0 Å². The number of pyridine rings is 1. The third kappa shape index (κ3) is 3.05. The number of nitrogens with zero attached hydrogens (tertiary/aromatic N) is 2. The Kier molecular flexibility index (Phi) is 4.47. The molecule has 0 aliphatic carbocycles. The normalized spacial score (nSPS) is 12.2. The number of nitrogen functional groups attached to an aromatic ring is 1. The van der Waals surface area contributed by atoms with Crippen LogP contribution in [-0.2, 0) is 0 Å². The van der Waals surface area contributed by atoms with Crippen molar-refractivity contribution in [3.8, 4) is 0 Å². The van der Waals surface area contributed by atoms with Crippen LogP contribution >= 0.6 is 11.8 Å². The minimum atomic E-state index is -0.514. The summed E-state index contributed by atoms with van der Waals surface area (Å²) in [4.78, 5) is 14.2. The summed E-state index contributed by atoms with van der Waals surface area (Å²) in [6.45, 7) is 1.67. The highest BCUT2D eigenvalue weighted by Crippen LogP contribution is 2.31. The second kappa shape index (κ2) is 5.64. The first-order chi connectivity index (χ1) is 7.58. The first-order valence-electron chi connectivity index (χ1n) is 4.48. The molecule has 1 aromatic heterocycles. The van der Waals surface area contributed by atoms with Crippen molar-refractivity contribution < 1.29 is 10.0 Å². The van der Waals surface area contributed by atoms with Gasteiger partial charge < -0.3 is 10.5 Å². The molecule has 0 aromatic carbocycles. The number of thioether (sulfide) groups is 1. The third-order valence-corrected chi connectivity index (χ3v) is 2.83. The number of aliphatic hydroxyl groups is 1. The Balaban J connectivity index is 3.05. The van der Waals surface area contributed by atoms with Gasteiger partial charge in [-0.3, -0.25) is 10.1 Å². The Morgan fingerprint density at radius 2 is 2.44 bits per heavy atom. The van der Waals surface area contributed by atoms with Crippen molar-refractivity contribution in [2.45, 2.75) is 17.2 Å². The Morgan fingerprint density at radius 1 is 1.75 bits per heavy atom. The fourth-order valence-electron chi connectivity index (χ4n) is 0.967. The lowest BCUT2D eigenvalue weighted by atomic mass is 10.4. The van der Waals surface area contributed by atoms with E-state index in [2.05, 4.69) is 10.4 Å². The van der Waals surface area contributed by atoms with Crippen molar-refractivity contribution in [3.63, 3.8) is 0 Å². The largest absolute Gasteiger partial charge is 0.395 e. The Hall–Kier alpha value is -1.38. The lowest BCUT2D eigenvalue weighted by Crippen LogP contribution is -2.10. The fourth-order valence-corrected chi connectivity index (χ4v) is 1.84. The average molecular weight is 244 g/mol. The minimum absolute atomic E-state index is 0.0796. The van der Waals surface area contributed by atoms with E-state index >= 15 is 0 Å². The predicted molar refractivity (Wildman–Crippen MR) is 61.1 cm³/mol. The standard InChI is InChI=1S/C8H12N4O3S/c1-5(4-13)16-8-6(12(14)15)2-3-7(10-8)11-9/h2-3,5,13H,4,9H2,1H3,(H,10,11). The van der Waals surface area contributed by atoms with Crippen LogP contribution in [0, 0.1) is 10.1 Å². The van der Waals surface area contributed by atoms with Crippen molar-refractivity contribution in [2.24, 2.45) is 5.84 Å². The topological polar surface area (TPSA) is 114 Å². The van der Waals surface area contributed by atoms with Crippen LogP contribution in [-0.4, -0.2) is 26.9 Å². The van der Waals surface area contributed by atoms with E-state index in [1.165, 1.54) is 12.1 Å². The highest BCUT2D eigenvalue weighted by atomic mass is 32.2. The highest BCUT2D eigenvalue weighted by molar-refractivity contribution is 8.00. The molecule has 1 atom stereocenters. The van der Waals surface area contributed by atoms with E-state index in [0.717, 1.165) is 11.8 Å². The van der Waals surface area contributed by atoms with Gasteiger partial charge in [0, 0.05) is 11.3 Å². The Bertz CT molecular complexity index is 388. The number of aromatic nitrogens is 1. The summed E-state index contributed by atoms with van der Waals surface area (Å²) in [7, 11) is 0. The van der Waals surface area contributed by atoms with Crippen molar-refractivity contribution in [2.75, 3.05) is 12.0 Å². The summed E-state index contributed by atoms with van der Waals surface area (Å²) in [5.41, 5.74) is 2.22. The maximum atomic E-state index is 10.7. The Labute approximate surface area is 96.2 Å². The second-order valence-corrected chi connectivity index (χ2v) is 4.46. The molecule has 0 amide bonds. The quantitative estimate of drug-likeness (QED) is 0.303. The molecule has 7 nitrogen and oxygen atoms in total. The van der Waals surface area contributed by atoms with Gasteiger partial charge in [-0.05, 0) is 6.07 Å². The van der Waals surface area contributed by atoms with Crippen LogP contribution in [0.3, 0.4) is 0 Å². The number of aliphatic hydroxyl groups excluding tert-OH is 1. The molecular weight excluding hydrogens is 232 g/mol. The van der Waals surface area contributed by atoms with Gasteiger partial charge in [-0.25, -0.2) is 10.8 Å². The highest BCUT2D eigenvalue weighted by Gasteiger charge is 2.18. The summed E-state index contributed by atoms with van der Waals surface area (Å²) in [6.07, 6.45) is 0. The zero-order chi connectivity index (χ0) is 12.1. The fraction of sp³-hybridized carbons (Fsp3) is 0.375. The van der Waals surface area contributed by atoms with E-state index in [-0.39, 0.29) is 22.6 Å². The molecule has 1 aromatic rings. The number of hydrazine groups is 1. The van der Waals surface area contributed by atoms with Crippen LogP contribution in [0.4, 0.5) is 11.5 Å². The Morgan fingerprint density at radius 3 is 2.94 bits per heavy atom. The third-order valence-electron chi connectivity index (χ3n) is 1.75. The van der Waals surface area contributed by atoms with Gasteiger partial charge in [0.1, 0.15) is 5.82 Å². The molecular formula is C8H12N4O3S. The minimum Gasteiger partial charge on any atom is -0.395 e. The SMILES string of the molecule is CC(CO)Sc1nc(NN)ccc1[N+](=O)[O-]. The van der Waals surface area contributed by atoms with Crippen molar-refractivity contribution in [1.29, 1.82) is 0 Å². The van der Waals surface area contributed by atoms with Crippen LogP contribution < -0.4 is 11.3 Å². The molecule has 0 saturated carbocycles. The van der Waals surface area contributed by atoms with Gasteiger partial charge in [0.25, 0.3) is 0 Å². The number of nitro groups is 1. The van der Waals surface area contributed by atoms with Gasteiger partial charge in [-0.1, -0.05) is 18.7 Å². The number of anilines is 1. The first-order valence-corrected chi connectivity index (χ1v) is 5.36. The molecule has 4 N–H and O–H groups in total. The molecule has 1 unspecified atom stereocenters. The van der Waals surface area contributed by atoms with Crippen molar-refractivity contribution >= 4 is 23.3 Å². The summed E-state index contributed by atoms with van der Waals surface area (Å²) in [5.74, 6) is 5.51. The molecule has 0 radical (unpaired) electrons. The van der Waals surface area contributed by atoms with Crippen LogP contribution in [0.25, 0.3) is 0 Å². The van der Waals surface area contributed by atoms with Crippen molar-refractivity contribution in [1.82, 2.24) is 4.98 Å². The summed E-state index contributed by atoms with van der Waals surface area (Å²) in [5, 5.41) is 19.7. The van der Waals surface area contributed by atoms with Gasteiger partial charge in [-0.15, -0.1) is 0 Å². The van der Waals surface area contributed by atoms with E-state index < -0.39 is 4.92 Å². The van der Waals surface area contributed by atoms with Gasteiger partial charge in [-0.2, -0.15) is 0 Å². The van der Waals surface area contributed by atoms with E-state index in [1.54, 1.807) is 6.92 Å². The molecule has 0 saturated heterocycles. The van der Waals surface area contributed by atoms with E-state index in [9.17, 15) is 10.1 Å². The van der Waals surface area contributed by atoms with Crippen LogP contribution in [0.5, 0.6) is 0 Å². The molecule has 1 heterocycles. The molecule has 0 fully saturated rings. The summed E-state index contributed by atoms with van der Waals surface area (Å²) < 4.78 is 0. The molecule has 16 heavy (non-hydrogen) atoms. The van der Waals surface area contributed by atoms with Gasteiger partial charge in [0.05, 0.1) is 11.5 Å². The maximum absolute atomic E-state index is 10.7. The van der Waals surface area contributed by atoms with Crippen LogP contribution in [0.1, 0.15) is 6.92 Å². The average Bonchev–Trinajstić information content (AvgIpc) is 2.28. The zero-order valence-corrected chi connectivity index (χ0v) is 9.40. The molecule has 0 aliphatic rings. The maximum Gasteiger partial charge on any atom is 0.301 e. The number of rotatable bonds is 5. The van der Waals surface area contributed by atoms with Gasteiger partial charge in [0.15, 0.2) is 5.03 Å². The lowest BCUT2D eigenvalue weighted by molar-refractivity contribution is -0.388. The van der Waals surface area contributed by atoms with E-state index in [1.807, 2.05) is 0 Å². The molecule has 88 valence electrons. The molecule has 1 rings (SSSR count). The molecule has 0 bridgehead atoms. The molecule has 8 heteroatoms. The molecule has 0 spiro atoms. The molecule has 0 aliphatic heterocycles.